The van der Waals surface area contributed by atoms with Crippen LogP contribution in [0.15, 0.2) is 17.5 Å². The summed E-state index contributed by atoms with van der Waals surface area (Å²) in [7, 11) is 0. The normalized spacial score (nSPS) is 26.7. The first-order chi connectivity index (χ1) is 14.1. The molecule has 5 rings (SSSR count). The first-order valence-electron chi connectivity index (χ1n) is 11.3. The Bertz CT molecular complexity index is 918. The van der Waals surface area contributed by atoms with E-state index in [4.69, 9.17) is 0 Å². The van der Waals surface area contributed by atoms with Crippen LogP contribution >= 0.6 is 11.3 Å². The lowest BCUT2D eigenvalue weighted by molar-refractivity contribution is -0.135. The molecular weight excluding hydrogens is 382 g/mol. The van der Waals surface area contributed by atoms with Crippen molar-refractivity contribution in [3.8, 4) is 0 Å². The molecule has 2 aromatic heterocycles. The van der Waals surface area contributed by atoms with Gasteiger partial charge in [0.25, 0.3) is 5.91 Å². The van der Waals surface area contributed by atoms with Gasteiger partial charge < -0.3 is 14.8 Å². The highest BCUT2D eigenvalue weighted by molar-refractivity contribution is 7.17. The molecule has 156 valence electrons. The van der Waals surface area contributed by atoms with Crippen LogP contribution in [0.3, 0.4) is 0 Å². The van der Waals surface area contributed by atoms with Gasteiger partial charge in [0, 0.05) is 12.1 Å². The number of amides is 2. The molecule has 0 spiro atoms. The zero-order valence-electron chi connectivity index (χ0n) is 17.3. The van der Waals surface area contributed by atoms with Crippen LogP contribution in [-0.2, 0) is 11.3 Å². The number of nitrogens with zero attached hydrogens (tertiary/aromatic N) is 2. The van der Waals surface area contributed by atoms with Gasteiger partial charge in [0.1, 0.15) is 11.2 Å². The molecule has 2 aromatic rings. The third-order valence-corrected chi connectivity index (χ3v) is 8.18. The third-order valence-electron chi connectivity index (χ3n) is 7.33. The summed E-state index contributed by atoms with van der Waals surface area (Å²) in [6, 6.07) is 4.52. The van der Waals surface area contributed by atoms with Crippen molar-refractivity contribution in [1.82, 2.24) is 14.8 Å². The monoisotopic (exact) mass is 413 g/mol. The highest BCUT2D eigenvalue weighted by Gasteiger charge is 2.51. The van der Waals surface area contributed by atoms with Crippen LogP contribution in [0.2, 0.25) is 0 Å². The number of fused-ring (bicyclic) bond motifs is 3. The molecule has 5 nitrogen and oxygen atoms in total. The molecule has 2 saturated carbocycles. The molecule has 1 aliphatic heterocycles. The van der Waals surface area contributed by atoms with E-state index in [1.54, 1.807) is 11.3 Å². The summed E-state index contributed by atoms with van der Waals surface area (Å²) in [5.41, 5.74) is 0.996. The summed E-state index contributed by atoms with van der Waals surface area (Å²) < 4.78 is 3.22. The van der Waals surface area contributed by atoms with Crippen LogP contribution in [0.1, 0.15) is 81.6 Å². The van der Waals surface area contributed by atoms with Gasteiger partial charge in [-0.1, -0.05) is 38.5 Å². The molecular formula is C23H31N3O2S. The maximum Gasteiger partial charge on any atom is 0.271 e. The zero-order chi connectivity index (χ0) is 20.0. The predicted molar refractivity (Wildman–Crippen MR) is 116 cm³/mol. The minimum atomic E-state index is -0.834. The van der Waals surface area contributed by atoms with Crippen LogP contribution in [0, 0.1) is 0 Å². The fourth-order valence-corrected chi connectivity index (χ4v) is 6.56. The number of aromatic nitrogens is 1. The van der Waals surface area contributed by atoms with E-state index in [2.05, 4.69) is 21.3 Å². The number of carbonyl (C=O) groups is 2. The number of nitrogens with one attached hydrogen (secondary N) is 1. The van der Waals surface area contributed by atoms with E-state index >= 15 is 0 Å². The number of hydrogen-bond acceptors (Lipinski definition) is 3. The number of carbonyl (C=O) groups excluding carboxylic acids is 2. The second kappa shape index (κ2) is 7.46. The number of hydrogen-bond donors (Lipinski definition) is 1. The topological polar surface area (TPSA) is 54.3 Å². The summed E-state index contributed by atoms with van der Waals surface area (Å²) in [6.45, 7) is 2.54. The Morgan fingerprint density at radius 2 is 1.79 bits per heavy atom. The van der Waals surface area contributed by atoms with Gasteiger partial charge in [0.05, 0.1) is 16.8 Å². The Hall–Kier alpha value is -1.82. The summed E-state index contributed by atoms with van der Waals surface area (Å²) in [6.07, 6.45) is 11.3. The van der Waals surface area contributed by atoms with Crippen molar-refractivity contribution >= 4 is 33.4 Å². The van der Waals surface area contributed by atoms with Crippen molar-refractivity contribution in [3.63, 3.8) is 0 Å². The van der Waals surface area contributed by atoms with E-state index < -0.39 is 5.54 Å². The lowest BCUT2D eigenvalue weighted by Gasteiger charge is -2.47. The average molecular weight is 414 g/mol. The van der Waals surface area contributed by atoms with Crippen molar-refractivity contribution in [2.45, 2.75) is 95.3 Å². The molecule has 2 amide bonds. The second-order valence-electron chi connectivity index (χ2n) is 9.34. The third kappa shape index (κ3) is 3.20. The molecule has 2 aliphatic carbocycles. The summed E-state index contributed by atoms with van der Waals surface area (Å²) in [4.78, 5) is 29.3. The molecule has 0 unspecified atom stereocenters. The number of rotatable bonds is 3. The van der Waals surface area contributed by atoms with Crippen LogP contribution in [-0.4, -0.2) is 38.9 Å². The van der Waals surface area contributed by atoms with Crippen LogP contribution < -0.4 is 5.32 Å². The molecule has 0 aromatic carbocycles. The van der Waals surface area contributed by atoms with E-state index in [0.29, 0.717) is 6.54 Å². The van der Waals surface area contributed by atoms with E-state index in [0.717, 1.165) is 54.4 Å². The fourth-order valence-electron chi connectivity index (χ4n) is 5.73. The summed E-state index contributed by atoms with van der Waals surface area (Å²) in [5.74, 6) is 0.0671. The van der Waals surface area contributed by atoms with Gasteiger partial charge in [0.2, 0.25) is 5.91 Å². The predicted octanol–water partition coefficient (Wildman–Crippen LogP) is 4.70. The van der Waals surface area contributed by atoms with Crippen molar-refractivity contribution in [3.05, 3.63) is 23.2 Å². The van der Waals surface area contributed by atoms with Crippen molar-refractivity contribution in [2.24, 2.45) is 0 Å². The molecule has 6 heteroatoms. The maximum absolute atomic E-state index is 13.7. The molecule has 1 N–H and O–H groups in total. The lowest BCUT2D eigenvalue weighted by Crippen LogP contribution is -2.67. The standard InChI is InChI=1S/C23H31N3O2S/c1-23(22(28)24-16-8-4-2-3-5-9-16)15-25-18-12-13-29-20(18)14-19(25)21(27)26(23)17-10-6-7-11-17/h12-14,16-17H,2-11,15H2,1H3,(H,24,28)/t23-/m0/s1. The van der Waals surface area contributed by atoms with Crippen molar-refractivity contribution in [2.75, 3.05) is 0 Å². The molecule has 29 heavy (non-hydrogen) atoms. The summed E-state index contributed by atoms with van der Waals surface area (Å²) >= 11 is 1.66. The van der Waals surface area contributed by atoms with Crippen LogP contribution in [0.4, 0.5) is 0 Å². The quantitative estimate of drug-likeness (QED) is 0.742. The van der Waals surface area contributed by atoms with Crippen molar-refractivity contribution in [1.29, 1.82) is 0 Å². The maximum atomic E-state index is 13.7. The van der Waals surface area contributed by atoms with E-state index in [1.807, 2.05) is 17.9 Å². The fraction of sp³-hybridized carbons (Fsp3) is 0.652. The van der Waals surface area contributed by atoms with E-state index in [-0.39, 0.29) is 23.9 Å². The Balaban J connectivity index is 1.51. The molecule has 0 radical (unpaired) electrons. The molecule has 2 fully saturated rings. The van der Waals surface area contributed by atoms with Gasteiger partial charge >= 0.3 is 0 Å². The van der Waals surface area contributed by atoms with Gasteiger partial charge in [-0.15, -0.1) is 11.3 Å². The lowest BCUT2D eigenvalue weighted by atomic mass is 9.91. The molecule has 3 heterocycles. The Morgan fingerprint density at radius 3 is 2.52 bits per heavy atom. The Morgan fingerprint density at radius 1 is 1.10 bits per heavy atom. The zero-order valence-corrected chi connectivity index (χ0v) is 18.1. The second-order valence-corrected chi connectivity index (χ2v) is 10.3. The van der Waals surface area contributed by atoms with Crippen LogP contribution in [0.25, 0.3) is 10.2 Å². The number of thiophene rings is 1. The molecule has 0 saturated heterocycles. The van der Waals surface area contributed by atoms with Gasteiger partial charge in [-0.2, -0.15) is 0 Å². The highest BCUT2D eigenvalue weighted by Crippen LogP contribution is 2.39. The van der Waals surface area contributed by atoms with Gasteiger partial charge in [-0.25, -0.2) is 0 Å². The Kier molecular flexibility index (Phi) is 4.93. The van der Waals surface area contributed by atoms with Gasteiger partial charge in [-0.05, 0) is 50.1 Å². The largest absolute Gasteiger partial charge is 0.351 e. The van der Waals surface area contributed by atoms with Crippen LogP contribution in [0.5, 0.6) is 0 Å². The first-order valence-corrected chi connectivity index (χ1v) is 12.2. The minimum absolute atomic E-state index is 0.0325. The average Bonchev–Trinajstić information content (AvgIpc) is 3.39. The molecule has 1 atom stereocenters. The van der Waals surface area contributed by atoms with E-state index in [9.17, 15) is 9.59 Å². The van der Waals surface area contributed by atoms with Crippen molar-refractivity contribution < 1.29 is 9.59 Å². The molecule has 3 aliphatic rings. The van der Waals surface area contributed by atoms with Gasteiger partial charge in [-0.3, -0.25) is 9.59 Å². The van der Waals surface area contributed by atoms with E-state index in [1.165, 1.54) is 25.7 Å². The first kappa shape index (κ1) is 19.2. The van der Waals surface area contributed by atoms with Gasteiger partial charge in [0.15, 0.2) is 0 Å². The Labute approximate surface area is 176 Å². The SMILES string of the molecule is C[C@@]1(C(=O)NC2CCCCCC2)Cn2c(cc3sccc32)C(=O)N1C1CCCC1. The summed E-state index contributed by atoms with van der Waals surface area (Å²) in [5, 5.41) is 5.43. The smallest absolute Gasteiger partial charge is 0.271 e. The highest BCUT2D eigenvalue weighted by atomic mass is 32.1. The minimum Gasteiger partial charge on any atom is -0.351 e. The molecule has 0 bridgehead atoms.